The smallest absolute Gasteiger partial charge is 0.313 e. The molecule has 1 aliphatic carbocycles. The summed E-state index contributed by atoms with van der Waals surface area (Å²) in [6.45, 7) is 0.437. The summed E-state index contributed by atoms with van der Waals surface area (Å²) in [6.07, 6.45) is 5.36. The van der Waals surface area contributed by atoms with Gasteiger partial charge >= 0.3 is 5.97 Å². The van der Waals surface area contributed by atoms with Gasteiger partial charge in [-0.1, -0.05) is 0 Å². The maximum absolute atomic E-state index is 11.0. The summed E-state index contributed by atoms with van der Waals surface area (Å²) in [6, 6.07) is 0. The molecule has 0 amide bonds. The Kier molecular flexibility index (Phi) is 3.80. The van der Waals surface area contributed by atoms with E-state index in [1.807, 2.05) is 6.08 Å². The van der Waals surface area contributed by atoms with Crippen LogP contribution in [0.25, 0.3) is 0 Å². The molecule has 0 aliphatic heterocycles. The number of esters is 1. The minimum Gasteiger partial charge on any atom is -0.431 e. The SMILES string of the molecule is COCCC(=O)OC1=CCCC1. The number of rotatable bonds is 4. The molecule has 1 rings (SSSR count). The third-order valence-corrected chi connectivity index (χ3v) is 1.75. The lowest BCUT2D eigenvalue weighted by molar-refractivity contribution is -0.140. The predicted octanol–water partition coefficient (Wildman–Crippen LogP) is 1.63. The molecule has 0 fully saturated rings. The van der Waals surface area contributed by atoms with Gasteiger partial charge in [-0.05, 0) is 18.9 Å². The Morgan fingerprint density at radius 2 is 2.50 bits per heavy atom. The summed E-state index contributed by atoms with van der Waals surface area (Å²) < 4.78 is 9.81. The van der Waals surface area contributed by atoms with E-state index in [1.54, 1.807) is 7.11 Å². The third kappa shape index (κ3) is 3.05. The molecule has 0 N–H and O–H groups in total. The van der Waals surface area contributed by atoms with Gasteiger partial charge in [-0.3, -0.25) is 4.79 Å². The van der Waals surface area contributed by atoms with Crippen LogP contribution in [0.2, 0.25) is 0 Å². The zero-order valence-electron chi connectivity index (χ0n) is 7.34. The third-order valence-electron chi connectivity index (χ3n) is 1.75. The fraction of sp³-hybridized carbons (Fsp3) is 0.667. The van der Waals surface area contributed by atoms with Crippen LogP contribution >= 0.6 is 0 Å². The van der Waals surface area contributed by atoms with Crippen LogP contribution in [0.3, 0.4) is 0 Å². The second kappa shape index (κ2) is 4.93. The number of ether oxygens (including phenoxy) is 2. The molecular formula is C9H14O3. The largest absolute Gasteiger partial charge is 0.431 e. The molecule has 0 radical (unpaired) electrons. The van der Waals surface area contributed by atoms with Crippen molar-refractivity contribution in [3.8, 4) is 0 Å². The van der Waals surface area contributed by atoms with E-state index in [0.717, 1.165) is 25.0 Å². The Morgan fingerprint density at radius 1 is 1.67 bits per heavy atom. The monoisotopic (exact) mass is 170 g/mol. The Bertz CT molecular complexity index is 184. The van der Waals surface area contributed by atoms with Gasteiger partial charge in [0, 0.05) is 13.5 Å². The fourth-order valence-electron chi connectivity index (χ4n) is 1.12. The molecule has 3 nitrogen and oxygen atoms in total. The average molecular weight is 170 g/mol. The van der Waals surface area contributed by atoms with Gasteiger partial charge in [-0.2, -0.15) is 0 Å². The summed E-state index contributed by atoms with van der Waals surface area (Å²) in [7, 11) is 1.57. The van der Waals surface area contributed by atoms with Crippen molar-refractivity contribution in [1.29, 1.82) is 0 Å². The molecule has 1 aliphatic rings. The number of hydrogen-bond donors (Lipinski definition) is 0. The lowest BCUT2D eigenvalue weighted by Crippen LogP contribution is -2.06. The molecule has 0 bridgehead atoms. The van der Waals surface area contributed by atoms with Crippen molar-refractivity contribution in [2.45, 2.75) is 25.7 Å². The zero-order valence-corrected chi connectivity index (χ0v) is 7.34. The van der Waals surface area contributed by atoms with Crippen molar-refractivity contribution in [3.63, 3.8) is 0 Å². The number of carbonyl (C=O) groups is 1. The van der Waals surface area contributed by atoms with Crippen LogP contribution in [0, 0.1) is 0 Å². The number of hydrogen-bond acceptors (Lipinski definition) is 3. The van der Waals surface area contributed by atoms with Crippen molar-refractivity contribution >= 4 is 5.97 Å². The summed E-state index contributed by atoms with van der Waals surface area (Å²) in [5.41, 5.74) is 0. The first-order chi connectivity index (χ1) is 5.83. The van der Waals surface area contributed by atoms with E-state index >= 15 is 0 Å². The molecule has 0 saturated heterocycles. The molecule has 0 heterocycles. The van der Waals surface area contributed by atoms with Crippen molar-refractivity contribution in [1.82, 2.24) is 0 Å². The van der Waals surface area contributed by atoms with Gasteiger partial charge < -0.3 is 9.47 Å². The van der Waals surface area contributed by atoms with Crippen LogP contribution in [0.5, 0.6) is 0 Å². The summed E-state index contributed by atoms with van der Waals surface area (Å²) in [5, 5.41) is 0. The van der Waals surface area contributed by atoms with Gasteiger partial charge in [-0.15, -0.1) is 0 Å². The molecule has 0 aromatic heterocycles. The molecule has 0 atom stereocenters. The number of allylic oxidation sites excluding steroid dienone is 2. The van der Waals surface area contributed by atoms with E-state index < -0.39 is 0 Å². The van der Waals surface area contributed by atoms with E-state index in [9.17, 15) is 4.79 Å². The van der Waals surface area contributed by atoms with Gasteiger partial charge in [0.25, 0.3) is 0 Å². The molecule has 0 unspecified atom stereocenters. The van der Waals surface area contributed by atoms with Crippen molar-refractivity contribution in [2.24, 2.45) is 0 Å². The molecule has 3 heteroatoms. The zero-order chi connectivity index (χ0) is 8.81. The average Bonchev–Trinajstić information content (AvgIpc) is 2.53. The molecule has 68 valence electrons. The highest BCUT2D eigenvalue weighted by atomic mass is 16.5. The summed E-state index contributed by atoms with van der Waals surface area (Å²) in [5.74, 6) is 0.640. The van der Waals surface area contributed by atoms with Crippen LogP contribution in [-0.2, 0) is 14.3 Å². The highest BCUT2D eigenvalue weighted by molar-refractivity contribution is 5.70. The van der Waals surface area contributed by atoms with E-state index in [-0.39, 0.29) is 5.97 Å². The summed E-state index contributed by atoms with van der Waals surface area (Å²) >= 11 is 0. The minimum atomic E-state index is -0.190. The van der Waals surface area contributed by atoms with Gasteiger partial charge in [0.05, 0.1) is 13.0 Å². The quantitative estimate of drug-likeness (QED) is 0.601. The van der Waals surface area contributed by atoms with Gasteiger partial charge in [0.15, 0.2) is 0 Å². The maximum Gasteiger partial charge on any atom is 0.313 e. The lowest BCUT2D eigenvalue weighted by Gasteiger charge is -2.03. The second-order valence-corrected chi connectivity index (χ2v) is 2.78. The van der Waals surface area contributed by atoms with E-state index in [4.69, 9.17) is 9.47 Å². The van der Waals surface area contributed by atoms with Crippen molar-refractivity contribution < 1.29 is 14.3 Å². The Hall–Kier alpha value is -0.830. The normalized spacial score (nSPS) is 15.9. The maximum atomic E-state index is 11.0. The number of methoxy groups -OCH3 is 1. The molecule has 0 aromatic carbocycles. The van der Waals surface area contributed by atoms with E-state index in [2.05, 4.69) is 0 Å². The highest BCUT2D eigenvalue weighted by Gasteiger charge is 2.10. The first kappa shape index (κ1) is 9.26. The Morgan fingerprint density at radius 3 is 3.08 bits per heavy atom. The highest BCUT2D eigenvalue weighted by Crippen LogP contribution is 2.18. The standard InChI is InChI=1S/C9H14O3/c1-11-7-6-9(10)12-8-4-2-3-5-8/h4H,2-3,5-7H2,1H3. The molecule has 0 saturated carbocycles. The predicted molar refractivity (Wildman–Crippen MR) is 44.5 cm³/mol. The molecular weight excluding hydrogens is 156 g/mol. The lowest BCUT2D eigenvalue weighted by atomic mass is 10.3. The van der Waals surface area contributed by atoms with Crippen LogP contribution in [-0.4, -0.2) is 19.7 Å². The van der Waals surface area contributed by atoms with E-state index in [0.29, 0.717) is 13.0 Å². The van der Waals surface area contributed by atoms with Crippen molar-refractivity contribution in [2.75, 3.05) is 13.7 Å². The van der Waals surface area contributed by atoms with Crippen LogP contribution in [0.4, 0.5) is 0 Å². The summed E-state index contributed by atoms with van der Waals surface area (Å²) in [4.78, 5) is 11.0. The van der Waals surface area contributed by atoms with Gasteiger partial charge in [0.2, 0.25) is 0 Å². The first-order valence-electron chi connectivity index (χ1n) is 4.21. The Labute approximate surface area is 72.4 Å². The van der Waals surface area contributed by atoms with Crippen LogP contribution in [0.1, 0.15) is 25.7 Å². The van der Waals surface area contributed by atoms with Gasteiger partial charge in [0.1, 0.15) is 5.76 Å². The number of carbonyl (C=O) groups excluding carboxylic acids is 1. The molecule has 0 spiro atoms. The van der Waals surface area contributed by atoms with Gasteiger partial charge in [-0.25, -0.2) is 0 Å². The Balaban J connectivity index is 2.17. The van der Waals surface area contributed by atoms with Crippen LogP contribution in [0.15, 0.2) is 11.8 Å². The molecule has 12 heavy (non-hydrogen) atoms. The molecule has 0 aromatic rings. The minimum absolute atomic E-state index is 0.190. The fourth-order valence-corrected chi connectivity index (χ4v) is 1.12. The van der Waals surface area contributed by atoms with Crippen molar-refractivity contribution in [3.05, 3.63) is 11.8 Å². The van der Waals surface area contributed by atoms with E-state index in [1.165, 1.54) is 0 Å². The van der Waals surface area contributed by atoms with Crippen LogP contribution < -0.4 is 0 Å². The second-order valence-electron chi connectivity index (χ2n) is 2.78. The topological polar surface area (TPSA) is 35.5 Å². The first-order valence-corrected chi connectivity index (χ1v) is 4.21.